The number of nitrogens with one attached hydrogen (secondary N) is 1. The Labute approximate surface area is 155 Å². The Kier molecular flexibility index (Phi) is 5.60. The summed E-state index contributed by atoms with van der Waals surface area (Å²) < 4.78 is 7.39. The predicted molar refractivity (Wildman–Crippen MR) is 106 cm³/mol. The van der Waals surface area contributed by atoms with Gasteiger partial charge in [0.25, 0.3) is 5.91 Å². The fourth-order valence-corrected chi connectivity index (χ4v) is 4.40. The van der Waals surface area contributed by atoms with Crippen LogP contribution in [-0.2, 0) is 0 Å². The topological polar surface area (TPSA) is 51.2 Å². The molecule has 0 aliphatic heterocycles. The number of benzene rings is 2. The molecule has 0 bridgehead atoms. The monoisotopic (exact) mass is 372 g/mol. The Bertz CT molecular complexity index is 890. The zero-order chi connectivity index (χ0) is 17.8. The highest BCUT2D eigenvalue weighted by atomic mass is 32.2. The molecule has 0 fully saturated rings. The standard InChI is InChI=1S/C19H20N2O2S2/c1-12(2)11-24-19-21-15-9-8-13(10-17(15)25-19)20-18(22)14-6-4-5-7-16(14)23-3/h4-10,12H,11H2,1-3H3,(H,20,22). The number of rotatable bonds is 6. The number of hydrogen-bond donors (Lipinski definition) is 1. The molecule has 2 aromatic carbocycles. The number of aromatic nitrogens is 1. The number of fused-ring (bicyclic) bond motifs is 1. The summed E-state index contributed by atoms with van der Waals surface area (Å²) in [5.41, 5.74) is 2.24. The Morgan fingerprint density at radius 3 is 2.84 bits per heavy atom. The lowest BCUT2D eigenvalue weighted by molar-refractivity contribution is 0.102. The van der Waals surface area contributed by atoms with Gasteiger partial charge in [0, 0.05) is 11.4 Å². The molecular weight excluding hydrogens is 352 g/mol. The van der Waals surface area contributed by atoms with Crippen LogP contribution in [0.2, 0.25) is 0 Å². The molecule has 4 nitrogen and oxygen atoms in total. The summed E-state index contributed by atoms with van der Waals surface area (Å²) in [5.74, 6) is 2.06. The van der Waals surface area contributed by atoms with Gasteiger partial charge in [0.15, 0.2) is 4.34 Å². The van der Waals surface area contributed by atoms with E-state index in [2.05, 4.69) is 24.1 Å². The van der Waals surface area contributed by atoms with Crippen LogP contribution in [0.15, 0.2) is 46.8 Å². The molecule has 1 amide bonds. The minimum absolute atomic E-state index is 0.185. The van der Waals surface area contributed by atoms with Gasteiger partial charge in [0.05, 0.1) is 22.9 Å². The maximum Gasteiger partial charge on any atom is 0.259 e. The summed E-state index contributed by atoms with van der Waals surface area (Å²) in [4.78, 5) is 17.1. The van der Waals surface area contributed by atoms with Gasteiger partial charge in [-0.15, -0.1) is 11.3 Å². The molecule has 0 radical (unpaired) electrons. The van der Waals surface area contributed by atoms with Crippen molar-refractivity contribution in [2.24, 2.45) is 5.92 Å². The third-order valence-corrected chi connectivity index (χ3v) is 6.11. The van der Waals surface area contributed by atoms with Crippen LogP contribution < -0.4 is 10.1 Å². The van der Waals surface area contributed by atoms with Crippen molar-refractivity contribution in [3.05, 3.63) is 48.0 Å². The highest BCUT2D eigenvalue weighted by Gasteiger charge is 2.13. The molecule has 0 saturated carbocycles. The van der Waals surface area contributed by atoms with Crippen LogP contribution in [-0.4, -0.2) is 23.8 Å². The molecular formula is C19H20N2O2S2. The van der Waals surface area contributed by atoms with Crippen molar-refractivity contribution >= 4 is 44.9 Å². The lowest BCUT2D eigenvalue weighted by Crippen LogP contribution is -2.12. The number of para-hydroxylation sites is 1. The number of thioether (sulfide) groups is 1. The van der Waals surface area contributed by atoms with Gasteiger partial charge in [-0.3, -0.25) is 4.79 Å². The lowest BCUT2D eigenvalue weighted by Gasteiger charge is -2.09. The van der Waals surface area contributed by atoms with Crippen LogP contribution in [0.25, 0.3) is 10.2 Å². The second-order valence-corrected chi connectivity index (χ2v) is 8.32. The number of thiazole rings is 1. The number of anilines is 1. The van der Waals surface area contributed by atoms with Crippen molar-refractivity contribution in [3.8, 4) is 5.75 Å². The minimum atomic E-state index is -0.185. The fourth-order valence-electron chi connectivity index (χ4n) is 2.31. The van der Waals surface area contributed by atoms with E-state index >= 15 is 0 Å². The molecule has 0 aliphatic rings. The number of carbonyl (C=O) groups excluding carboxylic acids is 1. The van der Waals surface area contributed by atoms with E-state index in [9.17, 15) is 4.79 Å². The molecule has 0 aliphatic carbocycles. The number of nitrogens with zero attached hydrogens (tertiary/aromatic N) is 1. The van der Waals surface area contributed by atoms with E-state index in [4.69, 9.17) is 4.74 Å². The molecule has 0 unspecified atom stereocenters. The Morgan fingerprint density at radius 2 is 2.08 bits per heavy atom. The SMILES string of the molecule is COc1ccccc1C(=O)Nc1ccc2nc(SCC(C)C)sc2c1. The van der Waals surface area contributed by atoms with Gasteiger partial charge < -0.3 is 10.1 Å². The zero-order valence-electron chi connectivity index (χ0n) is 14.4. The normalized spacial score (nSPS) is 11.0. The molecule has 130 valence electrons. The summed E-state index contributed by atoms with van der Waals surface area (Å²) in [5, 5.41) is 2.94. The molecule has 1 heterocycles. The summed E-state index contributed by atoms with van der Waals surface area (Å²) >= 11 is 3.44. The Morgan fingerprint density at radius 1 is 1.28 bits per heavy atom. The van der Waals surface area contributed by atoms with Crippen LogP contribution in [0, 0.1) is 5.92 Å². The third kappa shape index (κ3) is 4.32. The van der Waals surface area contributed by atoms with E-state index in [0.29, 0.717) is 17.2 Å². The quantitative estimate of drug-likeness (QED) is 0.596. The second kappa shape index (κ2) is 7.89. The first-order valence-corrected chi connectivity index (χ1v) is 9.85. The number of ether oxygens (including phenoxy) is 1. The highest BCUT2D eigenvalue weighted by Crippen LogP contribution is 2.32. The van der Waals surface area contributed by atoms with Crippen molar-refractivity contribution < 1.29 is 9.53 Å². The van der Waals surface area contributed by atoms with Crippen LogP contribution >= 0.6 is 23.1 Å². The van der Waals surface area contributed by atoms with Crippen molar-refractivity contribution in [3.63, 3.8) is 0 Å². The van der Waals surface area contributed by atoms with Crippen LogP contribution in [0.1, 0.15) is 24.2 Å². The summed E-state index contributed by atoms with van der Waals surface area (Å²) in [6.45, 7) is 4.40. The average molecular weight is 373 g/mol. The van der Waals surface area contributed by atoms with E-state index in [1.54, 1.807) is 42.3 Å². The van der Waals surface area contributed by atoms with Crippen LogP contribution in [0.3, 0.4) is 0 Å². The molecule has 3 rings (SSSR count). The van der Waals surface area contributed by atoms with Crippen LogP contribution in [0.4, 0.5) is 5.69 Å². The maximum atomic E-state index is 12.5. The van der Waals surface area contributed by atoms with Gasteiger partial charge >= 0.3 is 0 Å². The van der Waals surface area contributed by atoms with E-state index in [1.807, 2.05) is 30.3 Å². The van der Waals surface area contributed by atoms with Gasteiger partial charge in [-0.2, -0.15) is 0 Å². The Hall–Kier alpha value is -2.05. The first-order chi connectivity index (χ1) is 12.1. The van der Waals surface area contributed by atoms with Gasteiger partial charge in [-0.05, 0) is 36.2 Å². The van der Waals surface area contributed by atoms with Crippen molar-refractivity contribution in [1.82, 2.24) is 4.98 Å². The van der Waals surface area contributed by atoms with Crippen molar-refractivity contribution in [1.29, 1.82) is 0 Å². The molecule has 25 heavy (non-hydrogen) atoms. The number of hydrogen-bond acceptors (Lipinski definition) is 5. The van der Waals surface area contributed by atoms with Gasteiger partial charge in [0.2, 0.25) is 0 Å². The second-order valence-electron chi connectivity index (χ2n) is 6.02. The zero-order valence-corrected chi connectivity index (χ0v) is 16.0. The average Bonchev–Trinajstić information content (AvgIpc) is 3.02. The number of methoxy groups -OCH3 is 1. The molecule has 0 saturated heterocycles. The van der Waals surface area contributed by atoms with Gasteiger partial charge in [-0.1, -0.05) is 37.7 Å². The molecule has 1 aromatic heterocycles. The first-order valence-electron chi connectivity index (χ1n) is 8.04. The van der Waals surface area contributed by atoms with E-state index in [0.717, 1.165) is 26.0 Å². The third-order valence-electron chi connectivity index (χ3n) is 3.52. The predicted octanol–water partition coefficient (Wildman–Crippen LogP) is 5.31. The molecule has 6 heteroatoms. The summed E-state index contributed by atoms with van der Waals surface area (Å²) in [7, 11) is 1.56. The van der Waals surface area contributed by atoms with Gasteiger partial charge in [-0.25, -0.2) is 4.98 Å². The fraction of sp³-hybridized carbons (Fsp3) is 0.263. The first kappa shape index (κ1) is 17.8. The molecule has 0 spiro atoms. The van der Waals surface area contributed by atoms with E-state index in [-0.39, 0.29) is 5.91 Å². The summed E-state index contributed by atoms with van der Waals surface area (Å²) in [6.07, 6.45) is 0. The van der Waals surface area contributed by atoms with E-state index < -0.39 is 0 Å². The van der Waals surface area contributed by atoms with Crippen LogP contribution in [0.5, 0.6) is 5.75 Å². The number of amides is 1. The van der Waals surface area contributed by atoms with Crippen molar-refractivity contribution in [2.75, 3.05) is 18.2 Å². The van der Waals surface area contributed by atoms with E-state index in [1.165, 1.54) is 0 Å². The molecule has 0 atom stereocenters. The Balaban J connectivity index is 1.78. The minimum Gasteiger partial charge on any atom is -0.496 e. The van der Waals surface area contributed by atoms with Crippen molar-refractivity contribution in [2.45, 2.75) is 18.2 Å². The summed E-state index contributed by atoms with van der Waals surface area (Å²) in [6, 6.07) is 13.0. The number of carbonyl (C=O) groups is 1. The highest BCUT2D eigenvalue weighted by molar-refractivity contribution is 8.01. The lowest BCUT2D eigenvalue weighted by atomic mass is 10.2. The molecule has 3 aromatic rings. The van der Waals surface area contributed by atoms with Gasteiger partial charge in [0.1, 0.15) is 5.75 Å². The largest absolute Gasteiger partial charge is 0.496 e. The molecule has 1 N–H and O–H groups in total. The maximum absolute atomic E-state index is 12.5. The smallest absolute Gasteiger partial charge is 0.259 e.